The van der Waals surface area contributed by atoms with Gasteiger partial charge >= 0.3 is 5.97 Å². The number of hydrogen-bond donors (Lipinski definition) is 3. The number of benzene rings is 1. The van der Waals surface area contributed by atoms with Crippen LogP contribution in [0.3, 0.4) is 0 Å². The fraction of sp³-hybridized carbons (Fsp3) is 0.0909. The third-order valence-electron chi connectivity index (χ3n) is 2.40. The van der Waals surface area contributed by atoms with Crippen LogP contribution in [0.15, 0.2) is 41.6 Å². The molecule has 19 heavy (non-hydrogen) atoms. The molecule has 1 aromatic heterocycles. The van der Waals surface area contributed by atoms with E-state index < -0.39 is 16.0 Å². The second-order valence-corrected chi connectivity index (χ2v) is 5.49. The van der Waals surface area contributed by atoms with Crippen LogP contribution < -0.4 is 4.72 Å². The number of H-pyrrole nitrogens is 1. The summed E-state index contributed by atoms with van der Waals surface area (Å²) < 4.78 is 25.9. The lowest BCUT2D eigenvalue weighted by atomic mass is 10.1. The van der Waals surface area contributed by atoms with Crippen molar-refractivity contribution in [1.82, 2.24) is 14.9 Å². The quantitative estimate of drug-likeness (QED) is 0.742. The number of carboxylic acids is 1. The number of carbonyl (C=O) groups is 1. The molecule has 2 rings (SSSR count). The molecule has 0 atom stereocenters. The van der Waals surface area contributed by atoms with Crippen LogP contribution in [0.25, 0.3) is 0 Å². The molecule has 100 valence electrons. The molecule has 0 aliphatic heterocycles. The van der Waals surface area contributed by atoms with Gasteiger partial charge in [0.1, 0.15) is 0 Å². The highest BCUT2D eigenvalue weighted by Gasteiger charge is 2.15. The number of sulfonamides is 1. The van der Waals surface area contributed by atoms with Crippen LogP contribution >= 0.6 is 0 Å². The minimum Gasteiger partial charge on any atom is -0.478 e. The number of aromatic nitrogens is 2. The summed E-state index contributed by atoms with van der Waals surface area (Å²) in [7, 11) is -3.66. The van der Waals surface area contributed by atoms with Crippen LogP contribution in [0.4, 0.5) is 0 Å². The highest BCUT2D eigenvalue weighted by atomic mass is 32.2. The van der Waals surface area contributed by atoms with Crippen LogP contribution in [0, 0.1) is 0 Å². The molecule has 0 bridgehead atoms. The maximum atomic E-state index is 11.8. The number of nitrogens with one attached hydrogen (secondary N) is 2. The smallest absolute Gasteiger partial charge is 0.335 e. The first kappa shape index (κ1) is 13.2. The van der Waals surface area contributed by atoms with Crippen molar-refractivity contribution < 1.29 is 18.3 Å². The number of rotatable bonds is 5. The molecule has 0 aliphatic carbocycles. The van der Waals surface area contributed by atoms with E-state index in [2.05, 4.69) is 14.9 Å². The summed E-state index contributed by atoms with van der Waals surface area (Å²) in [5, 5.41) is 14.7. The summed E-state index contributed by atoms with van der Waals surface area (Å²) in [5.41, 5.74) is 0.668. The molecule has 0 aliphatic rings. The first-order chi connectivity index (χ1) is 8.99. The second kappa shape index (κ2) is 5.21. The van der Waals surface area contributed by atoms with Gasteiger partial charge in [-0.05, 0) is 23.8 Å². The Morgan fingerprint density at radius 2 is 2.16 bits per heavy atom. The van der Waals surface area contributed by atoms with E-state index in [4.69, 9.17) is 5.11 Å². The molecule has 0 unspecified atom stereocenters. The predicted octanol–water partition coefficient (Wildman–Crippen LogP) is 0.586. The summed E-state index contributed by atoms with van der Waals surface area (Å²) in [5.74, 6) is -1.06. The Balaban J connectivity index is 2.11. The highest BCUT2D eigenvalue weighted by Crippen LogP contribution is 2.08. The third-order valence-corrected chi connectivity index (χ3v) is 3.74. The Labute approximate surface area is 109 Å². The van der Waals surface area contributed by atoms with E-state index in [0.29, 0.717) is 5.56 Å². The summed E-state index contributed by atoms with van der Waals surface area (Å²) in [6.45, 7) is 0.00245. The van der Waals surface area contributed by atoms with Gasteiger partial charge in [-0.1, -0.05) is 12.1 Å². The lowest BCUT2D eigenvalue weighted by Gasteiger charge is -2.05. The average molecular weight is 281 g/mol. The zero-order valence-electron chi connectivity index (χ0n) is 9.70. The van der Waals surface area contributed by atoms with E-state index in [1.165, 1.54) is 24.4 Å². The average Bonchev–Trinajstić information content (AvgIpc) is 2.91. The SMILES string of the molecule is O=C(O)c1cccc(CNS(=O)(=O)c2ccn[nH]2)c1. The van der Waals surface area contributed by atoms with Gasteiger partial charge in [-0.25, -0.2) is 17.9 Å². The first-order valence-electron chi connectivity index (χ1n) is 5.30. The van der Waals surface area contributed by atoms with E-state index in [-0.39, 0.29) is 17.1 Å². The predicted molar refractivity (Wildman–Crippen MR) is 66.0 cm³/mol. The van der Waals surface area contributed by atoms with Gasteiger partial charge in [0, 0.05) is 6.54 Å². The second-order valence-electron chi connectivity index (χ2n) is 3.75. The lowest BCUT2D eigenvalue weighted by molar-refractivity contribution is 0.0696. The van der Waals surface area contributed by atoms with Crippen molar-refractivity contribution in [3.05, 3.63) is 47.7 Å². The summed E-state index contributed by atoms with van der Waals surface area (Å²) >= 11 is 0. The summed E-state index contributed by atoms with van der Waals surface area (Å²) in [6, 6.07) is 7.38. The van der Waals surface area contributed by atoms with Crippen molar-refractivity contribution >= 4 is 16.0 Å². The van der Waals surface area contributed by atoms with Crippen LogP contribution in [0.1, 0.15) is 15.9 Å². The maximum Gasteiger partial charge on any atom is 0.335 e. The van der Waals surface area contributed by atoms with Gasteiger partial charge in [-0.15, -0.1) is 0 Å². The van der Waals surface area contributed by atoms with Crippen LogP contribution in [0.2, 0.25) is 0 Å². The Bertz CT molecular complexity index is 680. The van der Waals surface area contributed by atoms with Crippen molar-refractivity contribution in [2.24, 2.45) is 0 Å². The zero-order valence-corrected chi connectivity index (χ0v) is 10.5. The summed E-state index contributed by atoms with van der Waals surface area (Å²) in [4.78, 5) is 10.8. The minimum absolute atomic E-state index is 0.00245. The lowest BCUT2D eigenvalue weighted by Crippen LogP contribution is -2.23. The van der Waals surface area contributed by atoms with E-state index in [0.717, 1.165) is 0 Å². The van der Waals surface area contributed by atoms with Gasteiger partial charge in [0.25, 0.3) is 10.0 Å². The number of aromatic amines is 1. The van der Waals surface area contributed by atoms with Crippen molar-refractivity contribution in [3.8, 4) is 0 Å². The molecular weight excluding hydrogens is 270 g/mol. The van der Waals surface area contributed by atoms with Gasteiger partial charge in [-0.2, -0.15) is 5.10 Å². The fourth-order valence-electron chi connectivity index (χ4n) is 1.46. The van der Waals surface area contributed by atoms with Crippen molar-refractivity contribution in [3.63, 3.8) is 0 Å². The zero-order chi connectivity index (χ0) is 13.9. The normalized spacial score (nSPS) is 11.4. The van der Waals surface area contributed by atoms with Crippen molar-refractivity contribution in [2.45, 2.75) is 11.6 Å². The Kier molecular flexibility index (Phi) is 3.63. The Morgan fingerprint density at radius 3 is 2.79 bits per heavy atom. The number of carboxylic acid groups (broad SMARTS) is 1. The molecule has 0 saturated heterocycles. The molecule has 8 heteroatoms. The van der Waals surface area contributed by atoms with Gasteiger partial charge < -0.3 is 5.11 Å². The van der Waals surface area contributed by atoms with Gasteiger partial charge in [0.2, 0.25) is 0 Å². The van der Waals surface area contributed by atoms with Crippen molar-refractivity contribution in [1.29, 1.82) is 0 Å². The molecule has 1 heterocycles. The van der Waals surface area contributed by atoms with E-state index in [1.54, 1.807) is 12.1 Å². The molecule has 7 nitrogen and oxygen atoms in total. The molecule has 2 aromatic rings. The highest BCUT2D eigenvalue weighted by molar-refractivity contribution is 7.89. The van der Waals surface area contributed by atoms with Crippen LogP contribution in [-0.4, -0.2) is 29.7 Å². The first-order valence-corrected chi connectivity index (χ1v) is 6.78. The van der Waals surface area contributed by atoms with Crippen LogP contribution in [0.5, 0.6) is 0 Å². The molecule has 0 spiro atoms. The molecule has 0 radical (unpaired) electrons. The monoisotopic (exact) mass is 281 g/mol. The molecule has 3 N–H and O–H groups in total. The fourth-order valence-corrected chi connectivity index (χ4v) is 2.39. The largest absolute Gasteiger partial charge is 0.478 e. The Morgan fingerprint density at radius 1 is 1.37 bits per heavy atom. The standard InChI is InChI=1S/C11H11N3O4S/c15-11(16)9-3-1-2-8(6-9)7-13-19(17,18)10-4-5-12-14-10/h1-6,13H,7H2,(H,12,14)(H,15,16). The molecule has 0 fully saturated rings. The topological polar surface area (TPSA) is 112 Å². The number of aromatic carboxylic acids is 1. The molecule has 0 saturated carbocycles. The molecule has 1 aromatic carbocycles. The van der Waals surface area contributed by atoms with Gasteiger partial charge in [0.05, 0.1) is 11.8 Å². The molecule has 0 amide bonds. The maximum absolute atomic E-state index is 11.8. The van der Waals surface area contributed by atoms with Gasteiger partial charge in [-0.3, -0.25) is 5.10 Å². The van der Waals surface area contributed by atoms with E-state index in [1.807, 2.05) is 0 Å². The van der Waals surface area contributed by atoms with Gasteiger partial charge in [0.15, 0.2) is 5.03 Å². The Hall–Kier alpha value is -2.19. The molecular formula is C11H11N3O4S. The minimum atomic E-state index is -3.66. The number of hydrogen-bond acceptors (Lipinski definition) is 4. The van der Waals surface area contributed by atoms with Crippen LogP contribution in [-0.2, 0) is 16.6 Å². The number of nitrogens with zero attached hydrogens (tertiary/aromatic N) is 1. The summed E-state index contributed by atoms with van der Waals surface area (Å²) in [6.07, 6.45) is 1.33. The van der Waals surface area contributed by atoms with E-state index in [9.17, 15) is 13.2 Å². The van der Waals surface area contributed by atoms with Crippen molar-refractivity contribution in [2.75, 3.05) is 0 Å². The van der Waals surface area contributed by atoms with E-state index >= 15 is 0 Å². The third kappa shape index (κ3) is 3.18.